The van der Waals surface area contributed by atoms with Gasteiger partial charge in [-0.3, -0.25) is 4.79 Å². The van der Waals surface area contributed by atoms with Crippen LogP contribution in [0.4, 0.5) is 10.1 Å². The number of rotatable bonds is 3. The number of Topliss-reactive ketones (excluding diaryl/α,β-unsaturated/α-hetero) is 1. The van der Waals surface area contributed by atoms with E-state index in [4.69, 9.17) is 0 Å². The molecule has 21 heavy (non-hydrogen) atoms. The number of hydrogen-bond donors (Lipinski definition) is 0. The normalized spacial score (nSPS) is 13.3. The van der Waals surface area contributed by atoms with E-state index in [1.54, 1.807) is 13.0 Å². The van der Waals surface area contributed by atoms with Crippen LogP contribution in [0.3, 0.4) is 0 Å². The first kappa shape index (κ1) is 14.0. The Morgan fingerprint density at radius 3 is 3.00 bits per heavy atom. The highest BCUT2D eigenvalue weighted by Crippen LogP contribution is 2.41. The average molecular weight is 301 g/mol. The van der Waals surface area contributed by atoms with Gasteiger partial charge in [-0.25, -0.2) is 4.39 Å². The summed E-state index contributed by atoms with van der Waals surface area (Å²) in [4.78, 5) is 15.6. The molecule has 0 radical (unpaired) electrons. The molecule has 2 heterocycles. The van der Waals surface area contributed by atoms with Gasteiger partial charge >= 0.3 is 0 Å². The molecule has 3 rings (SSSR count). The molecule has 1 aromatic carbocycles. The van der Waals surface area contributed by atoms with E-state index >= 15 is 0 Å². The number of halogens is 1. The fourth-order valence-corrected chi connectivity index (χ4v) is 3.84. The Hall–Kier alpha value is -1.94. The molecule has 0 aliphatic carbocycles. The molecular formula is C17H16FNOS. The van der Waals surface area contributed by atoms with Gasteiger partial charge in [0.1, 0.15) is 5.82 Å². The van der Waals surface area contributed by atoms with Crippen molar-refractivity contribution < 1.29 is 9.18 Å². The van der Waals surface area contributed by atoms with Crippen LogP contribution in [0.25, 0.3) is 10.4 Å². The summed E-state index contributed by atoms with van der Waals surface area (Å²) in [6.45, 7) is 6.84. The second-order valence-corrected chi connectivity index (χ2v) is 6.22. The van der Waals surface area contributed by atoms with Gasteiger partial charge in [-0.1, -0.05) is 6.08 Å². The Bertz CT molecular complexity index is 720. The third-order valence-corrected chi connectivity index (χ3v) is 5.01. The Labute approximate surface area is 127 Å². The van der Waals surface area contributed by atoms with Crippen molar-refractivity contribution in [2.24, 2.45) is 0 Å². The van der Waals surface area contributed by atoms with Crippen molar-refractivity contribution in [2.45, 2.75) is 13.3 Å². The van der Waals surface area contributed by atoms with E-state index in [-0.39, 0.29) is 11.6 Å². The fraction of sp³-hybridized carbons (Fsp3) is 0.235. The van der Waals surface area contributed by atoms with Crippen LogP contribution in [-0.2, 0) is 6.42 Å². The van der Waals surface area contributed by atoms with E-state index in [9.17, 15) is 9.18 Å². The zero-order chi connectivity index (χ0) is 15.0. The summed E-state index contributed by atoms with van der Waals surface area (Å²) in [6, 6.07) is 6.84. The van der Waals surface area contributed by atoms with Gasteiger partial charge in [-0.15, -0.1) is 17.9 Å². The average Bonchev–Trinajstić information content (AvgIpc) is 2.82. The third-order valence-electron chi connectivity index (χ3n) is 3.70. The molecule has 108 valence electrons. The molecule has 0 atom stereocenters. The summed E-state index contributed by atoms with van der Waals surface area (Å²) in [6.07, 6.45) is 2.68. The van der Waals surface area contributed by atoms with Crippen molar-refractivity contribution in [3.05, 3.63) is 53.2 Å². The van der Waals surface area contributed by atoms with Crippen molar-refractivity contribution in [1.82, 2.24) is 0 Å². The maximum atomic E-state index is 13.6. The summed E-state index contributed by atoms with van der Waals surface area (Å²) in [5, 5.41) is 0. The Kier molecular flexibility index (Phi) is 3.64. The van der Waals surface area contributed by atoms with Crippen LogP contribution in [0.2, 0.25) is 0 Å². The first-order chi connectivity index (χ1) is 10.1. The zero-order valence-corrected chi connectivity index (χ0v) is 12.7. The molecule has 0 spiro atoms. The van der Waals surface area contributed by atoms with Crippen LogP contribution in [0, 0.1) is 5.82 Å². The quantitative estimate of drug-likeness (QED) is 0.622. The Balaban J connectivity index is 2.18. The second kappa shape index (κ2) is 5.45. The molecule has 0 saturated heterocycles. The van der Waals surface area contributed by atoms with Gasteiger partial charge in [0.25, 0.3) is 0 Å². The van der Waals surface area contributed by atoms with E-state index in [1.165, 1.54) is 23.0 Å². The van der Waals surface area contributed by atoms with Crippen molar-refractivity contribution in [3.8, 4) is 10.4 Å². The van der Waals surface area contributed by atoms with Gasteiger partial charge < -0.3 is 4.90 Å². The molecule has 4 heteroatoms. The van der Waals surface area contributed by atoms with Crippen molar-refractivity contribution in [1.29, 1.82) is 0 Å². The summed E-state index contributed by atoms with van der Waals surface area (Å²) in [5.74, 6) is -0.158. The van der Waals surface area contributed by atoms with Gasteiger partial charge in [0, 0.05) is 29.2 Å². The molecule has 2 aromatic rings. The number of ketones is 1. The minimum absolute atomic E-state index is 0.0830. The molecule has 0 amide bonds. The zero-order valence-electron chi connectivity index (χ0n) is 11.9. The summed E-state index contributed by atoms with van der Waals surface area (Å²) < 4.78 is 13.6. The molecule has 2 nitrogen and oxygen atoms in total. The summed E-state index contributed by atoms with van der Waals surface area (Å²) in [7, 11) is 0. The Morgan fingerprint density at radius 1 is 1.48 bits per heavy atom. The highest BCUT2D eigenvalue weighted by Gasteiger charge is 2.22. The van der Waals surface area contributed by atoms with E-state index in [2.05, 4.69) is 11.5 Å². The third kappa shape index (κ3) is 2.51. The topological polar surface area (TPSA) is 20.3 Å². The fourth-order valence-electron chi connectivity index (χ4n) is 2.70. The Morgan fingerprint density at radius 2 is 2.29 bits per heavy atom. The lowest BCUT2D eigenvalue weighted by atomic mass is 10.1. The maximum absolute atomic E-state index is 13.6. The molecule has 0 unspecified atom stereocenters. The minimum Gasteiger partial charge on any atom is -0.367 e. The highest BCUT2D eigenvalue weighted by atomic mass is 32.1. The minimum atomic E-state index is -0.241. The van der Waals surface area contributed by atoms with E-state index in [1.807, 2.05) is 18.2 Å². The first-order valence-corrected chi connectivity index (χ1v) is 7.71. The number of carbonyl (C=O) groups is 1. The lowest BCUT2D eigenvalue weighted by Crippen LogP contribution is -2.25. The van der Waals surface area contributed by atoms with Crippen LogP contribution in [0.1, 0.15) is 22.2 Å². The molecule has 0 N–H and O–H groups in total. The SMILES string of the molecule is C=CCN1CCc2cc(C(C)=O)sc2-c2ccc(F)cc21. The van der Waals surface area contributed by atoms with Crippen molar-refractivity contribution >= 4 is 22.8 Å². The lowest BCUT2D eigenvalue weighted by molar-refractivity contribution is 0.102. The summed E-state index contributed by atoms with van der Waals surface area (Å²) in [5.41, 5.74) is 3.05. The molecule has 1 aliphatic heterocycles. The van der Waals surface area contributed by atoms with Gasteiger partial charge in [-0.05, 0) is 43.2 Å². The van der Waals surface area contributed by atoms with Gasteiger partial charge in [0.05, 0.1) is 4.88 Å². The number of fused-ring (bicyclic) bond motifs is 3. The van der Waals surface area contributed by atoms with Crippen LogP contribution in [0.15, 0.2) is 36.9 Å². The van der Waals surface area contributed by atoms with Crippen molar-refractivity contribution in [2.75, 3.05) is 18.0 Å². The number of anilines is 1. The standard InChI is InChI=1S/C17H16FNOS/c1-3-7-19-8-6-12-9-16(11(2)20)21-17(12)14-5-4-13(18)10-15(14)19/h3-5,9-10H,1,6-8H2,2H3. The molecule has 0 fully saturated rings. The monoisotopic (exact) mass is 301 g/mol. The molecule has 1 aliphatic rings. The first-order valence-electron chi connectivity index (χ1n) is 6.89. The number of nitrogens with zero attached hydrogens (tertiary/aromatic N) is 1. The maximum Gasteiger partial charge on any atom is 0.169 e. The van der Waals surface area contributed by atoms with E-state index < -0.39 is 0 Å². The van der Waals surface area contributed by atoms with Crippen LogP contribution >= 0.6 is 11.3 Å². The predicted molar refractivity (Wildman–Crippen MR) is 85.8 cm³/mol. The van der Waals surface area contributed by atoms with Gasteiger partial charge in [0.15, 0.2) is 5.78 Å². The van der Waals surface area contributed by atoms with Gasteiger partial charge in [-0.2, -0.15) is 0 Å². The van der Waals surface area contributed by atoms with E-state index in [0.29, 0.717) is 6.54 Å². The lowest BCUT2D eigenvalue weighted by Gasteiger charge is -2.23. The van der Waals surface area contributed by atoms with Crippen LogP contribution in [-0.4, -0.2) is 18.9 Å². The molecule has 0 bridgehead atoms. The highest BCUT2D eigenvalue weighted by molar-refractivity contribution is 7.17. The molecule has 1 aromatic heterocycles. The molecule has 0 saturated carbocycles. The smallest absolute Gasteiger partial charge is 0.169 e. The van der Waals surface area contributed by atoms with Crippen molar-refractivity contribution in [3.63, 3.8) is 0 Å². The van der Waals surface area contributed by atoms with Crippen LogP contribution < -0.4 is 4.90 Å². The number of carbonyl (C=O) groups excluding carboxylic acids is 1. The van der Waals surface area contributed by atoms with Gasteiger partial charge in [0.2, 0.25) is 0 Å². The number of hydrogen-bond acceptors (Lipinski definition) is 3. The summed E-state index contributed by atoms with van der Waals surface area (Å²) >= 11 is 1.50. The number of thiophene rings is 1. The number of benzene rings is 1. The van der Waals surface area contributed by atoms with Crippen LogP contribution in [0.5, 0.6) is 0 Å². The second-order valence-electron chi connectivity index (χ2n) is 5.17. The predicted octanol–water partition coefficient (Wildman–Crippen LogP) is 4.31. The van der Waals surface area contributed by atoms with E-state index in [0.717, 1.165) is 34.0 Å². The molecular weight excluding hydrogens is 285 g/mol. The largest absolute Gasteiger partial charge is 0.367 e.